The normalized spacial score (nSPS) is 20.6. The first-order valence-corrected chi connectivity index (χ1v) is 6.87. The van der Waals surface area contributed by atoms with Crippen LogP contribution in [0.1, 0.15) is 18.4 Å². The van der Waals surface area contributed by atoms with Gasteiger partial charge in [0.25, 0.3) is 0 Å². The number of piperidine rings is 1. The molecule has 1 atom stereocenters. The molecule has 1 saturated heterocycles. The lowest BCUT2D eigenvalue weighted by molar-refractivity contribution is 0.208. The van der Waals surface area contributed by atoms with Crippen LogP contribution in [0.25, 0.3) is 0 Å². The van der Waals surface area contributed by atoms with Gasteiger partial charge in [0.1, 0.15) is 0 Å². The second-order valence-corrected chi connectivity index (χ2v) is 5.57. The first kappa shape index (κ1) is 12.9. The summed E-state index contributed by atoms with van der Waals surface area (Å²) in [6.07, 6.45) is 2.28. The average molecular weight is 299 g/mol. The summed E-state index contributed by atoms with van der Waals surface area (Å²) in [5, 5.41) is 9.26. The van der Waals surface area contributed by atoms with Crippen molar-refractivity contribution < 1.29 is 5.11 Å². The SMILES string of the molecule is NCc1cc(Br)cc(N2CCCC(CO)C2)c1. The van der Waals surface area contributed by atoms with Crippen LogP contribution in [0, 0.1) is 5.92 Å². The average Bonchev–Trinajstić information content (AvgIpc) is 2.38. The number of halogens is 1. The van der Waals surface area contributed by atoms with Gasteiger partial charge in [0, 0.05) is 36.4 Å². The predicted molar refractivity (Wildman–Crippen MR) is 74.1 cm³/mol. The Bertz CT molecular complexity index is 384. The Morgan fingerprint density at radius 3 is 2.94 bits per heavy atom. The lowest BCUT2D eigenvalue weighted by Crippen LogP contribution is -2.36. The molecule has 3 nitrogen and oxygen atoms in total. The first-order chi connectivity index (χ1) is 8.22. The van der Waals surface area contributed by atoms with Crippen LogP contribution < -0.4 is 10.6 Å². The van der Waals surface area contributed by atoms with Crippen molar-refractivity contribution in [3.8, 4) is 0 Å². The van der Waals surface area contributed by atoms with E-state index < -0.39 is 0 Å². The fraction of sp³-hybridized carbons (Fsp3) is 0.538. The predicted octanol–water partition coefficient (Wildman–Crippen LogP) is 2.12. The number of hydrogen-bond acceptors (Lipinski definition) is 3. The van der Waals surface area contributed by atoms with E-state index in [1.807, 2.05) is 0 Å². The highest BCUT2D eigenvalue weighted by molar-refractivity contribution is 9.10. The molecule has 1 aliphatic heterocycles. The Morgan fingerprint density at radius 2 is 2.24 bits per heavy atom. The molecule has 0 amide bonds. The maximum atomic E-state index is 9.26. The minimum Gasteiger partial charge on any atom is -0.396 e. The van der Waals surface area contributed by atoms with Crippen molar-refractivity contribution in [1.29, 1.82) is 0 Å². The summed E-state index contributed by atoms with van der Waals surface area (Å²) in [7, 11) is 0. The summed E-state index contributed by atoms with van der Waals surface area (Å²) in [6, 6.07) is 6.32. The Labute approximate surface area is 111 Å². The maximum absolute atomic E-state index is 9.26. The molecular weight excluding hydrogens is 280 g/mol. The maximum Gasteiger partial charge on any atom is 0.0476 e. The number of aliphatic hydroxyl groups excluding tert-OH is 1. The van der Waals surface area contributed by atoms with Crippen molar-refractivity contribution >= 4 is 21.6 Å². The van der Waals surface area contributed by atoms with E-state index in [9.17, 15) is 5.11 Å². The van der Waals surface area contributed by atoms with Gasteiger partial charge in [0.2, 0.25) is 0 Å². The molecule has 2 rings (SSSR count). The summed E-state index contributed by atoms with van der Waals surface area (Å²) in [6.45, 7) is 2.85. The van der Waals surface area contributed by atoms with Gasteiger partial charge >= 0.3 is 0 Å². The Balaban J connectivity index is 2.18. The van der Waals surface area contributed by atoms with E-state index >= 15 is 0 Å². The van der Waals surface area contributed by atoms with Gasteiger partial charge in [-0.1, -0.05) is 15.9 Å². The van der Waals surface area contributed by atoms with Gasteiger partial charge in [-0.2, -0.15) is 0 Å². The largest absolute Gasteiger partial charge is 0.396 e. The molecule has 1 fully saturated rings. The molecule has 1 aliphatic rings. The Kier molecular flexibility index (Phi) is 4.42. The molecule has 0 saturated carbocycles. The van der Waals surface area contributed by atoms with Gasteiger partial charge in [0.05, 0.1) is 0 Å². The zero-order valence-corrected chi connectivity index (χ0v) is 11.5. The van der Waals surface area contributed by atoms with Crippen LogP contribution in [0.3, 0.4) is 0 Å². The number of nitrogens with zero attached hydrogens (tertiary/aromatic N) is 1. The van der Waals surface area contributed by atoms with Crippen LogP contribution in [0.15, 0.2) is 22.7 Å². The fourth-order valence-electron chi connectivity index (χ4n) is 2.38. The monoisotopic (exact) mass is 298 g/mol. The molecule has 94 valence electrons. The lowest BCUT2D eigenvalue weighted by atomic mass is 9.98. The number of aliphatic hydroxyl groups is 1. The lowest BCUT2D eigenvalue weighted by Gasteiger charge is -2.34. The molecule has 4 heteroatoms. The minimum absolute atomic E-state index is 0.286. The molecule has 1 unspecified atom stereocenters. The summed E-state index contributed by atoms with van der Waals surface area (Å²) < 4.78 is 1.07. The number of anilines is 1. The van der Waals surface area contributed by atoms with E-state index in [1.165, 1.54) is 5.69 Å². The smallest absolute Gasteiger partial charge is 0.0476 e. The zero-order valence-electron chi connectivity index (χ0n) is 9.90. The zero-order chi connectivity index (χ0) is 12.3. The Hall–Kier alpha value is -0.580. The standard InChI is InChI=1S/C13H19BrN2O/c14-12-4-11(7-15)5-13(6-12)16-3-1-2-10(8-16)9-17/h4-6,10,17H,1-3,7-9,15H2. The third-order valence-corrected chi connectivity index (χ3v) is 3.78. The van der Waals surface area contributed by atoms with Gasteiger partial charge in [-0.3, -0.25) is 0 Å². The summed E-state index contributed by atoms with van der Waals surface area (Å²) >= 11 is 3.52. The molecular formula is C13H19BrN2O. The highest BCUT2D eigenvalue weighted by atomic mass is 79.9. The molecule has 0 spiro atoms. The van der Waals surface area contributed by atoms with E-state index in [-0.39, 0.29) is 6.61 Å². The summed E-state index contributed by atoms with van der Waals surface area (Å²) in [4.78, 5) is 2.34. The number of nitrogens with two attached hydrogens (primary N) is 1. The minimum atomic E-state index is 0.286. The molecule has 1 aromatic carbocycles. The van der Waals surface area contributed by atoms with Gasteiger partial charge in [-0.05, 0) is 42.5 Å². The van der Waals surface area contributed by atoms with Crippen molar-refractivity contribution in [2.75, 3.05) is 24.6 Å². The Morgan fingerprint density at radius 1 is 1.41 bits per heavy atom. The molecule has 0 radical (unpaired) electrons. The van der Waals surface area contributed by atoms with Crippen molar-refractivity contribution in [2.24, 2.45) is 11.7 Å². The van der Waals surface area contributed by atoms with E-state index in [2.05, 4.69) is 39.0 Å². The van der Waals surface area contributed by atoms with Gasteiger partial charge in [-0.25, -0.2) is 0 Å². The molecule has 0 bridgehead atoms. The second-order valence-electron chi connectivity index (χ2n) is 4.66. The highest BCUT2D eigenvalue weighted by Crippen LogP contribution is 2.27. The van der Waals surface area contributed by atoms with Crippen LogP contribution in [0.5, 0.6) is 0 Å². The molecule has 0 aliphatic carbocycles. The van der Waals surface area contributed by atoms with E-state index in [0.29, 0.717) is 12.5 Å². The van der Waals surface area contributed by atoms with E-state index in [1.54, 1.807) is 0 Å². The molecule has 1 heterocycles. The number of rotatable bonds is 3. The van der Waals surface area contributed by atoms with Crippen molar-refractivity contribution in [3.63, 3.8) is 0 Å². The second kappa shape index (κ2) is 5.85. The van der Waals surface area contributed by atoms with E-state index in [0.717, 1.165) is 36.0 Å². The fourth-order valence-corrected chi connectivity index (χ4v) is 2.91. The summed E-state index contributed by atoms with van der Waals surface area (Å²) in [5.74, 6) is 0.407. The molecule has 1 aromatic rings. The van der Waals surface area contributed by atoms with Crippen LogP contribution in [-0.2, 0) is 6.54 Å². The van der Waals surface area contributed by atoms with Crippen LogP contribution in [0.2, 0.25) is 0 Å². The quantitative estimate of drug-likeness (QED) is 0.899. The molecule has 0 aromatic heterocycles. The topological polar surface area (TPSA) is 49.5 Å². The van der Waals surface area contributed by atoms with Gasteiger partial charge in [-0.15, -0.1) is 0 Å². The first-order valence-electron chi connectivity index (χ1n) is 6.08. The van der Waals surface area contributed by atoms with E-state index in [4.69, 9.17) is 5.73 Å². The van der Waals surface area contributed by atoms with Crippen molar-refractivity contribution in [3.05, 3.63) is 28.2 Å². The van der Waals surface area contributed by atoms with Crippen LogP contribution >= 0.6 is 15.9 Å². The van der Waals surface area contributed by atoms with Crippen molar-refractivity contribution in [1.82, 2.24) is 0 Å². The molecule has 17 heavy (non-hydrogen) atoms. The third-order valence-electron chi connectivity index (χ3n) is 3.32. The van der Waals surface area contributed by atoms with Gasteiger partial charge < -0.3 is 15.7 Å². The highest BCUT2D eigenvalue weighted by Gasteiger charge is 2.19. The summed E-state index contributed by atoms with van der Waals surface area (Å²) in [5.41, 5.74) is 8.04. The molecule has 3 N–H and O–H groups in total. The third kappa shape index (κ3) is 3.21. The van der Waals surface area contributed by atoms with Crippen LogP contribution in [-0.4, -0.2) is 24.8 Å². The van der Waals surface area contributed by atoms with Gasteiger partial charge in [0.15, 0.2) is 0 Å². The number of hydrogen-bond donors (Lipinski definition) is 2. The number of benzene rings is 1. The van der Waals surface area contributed by atoms with Crippen LogP contribution in [0.4, 0.5) is 5.69 Å². The van der Waals surface area contributed by atoms with Crippen molar-refractivity contribution in [2.45, 2.75) is 19.4 Å².